The summed E-state index contributed by atoms with van der Waals surface area (Å²) in [5, 5.41) is 3.03. The van der Waals surface area contributed by atoms with Crippen LogP contribution in [0.25, 0.3) is 11.1 Å². The van der Waals surface area contributed by atoms with Crippen molar-refractivity contribution in [3.63, 3.8) is 0 Å². The van der Waals surface area contributed by atoms with Crippen molar-refractivity contribution < 1.29 is 14.3 Å². The molecule has 1 unspecified atom stereocenters. The number of nitrogens with zero attached hydrogens (tertiary/aromatic N) is 1. The van der Waals surface area contributed by atoms with Crippen LogP contribution in [0.1, 0.15) is 34.5 Å². The molecule has 28 heavy (non-hydrogen) atoms. The summed E-state index contributed by atoms with van der Waals surface area (Å²) in [4.78, 5) is 16.8. The third-order valence-corrected chi connectivity index (χ3v) is 4.87. The molecule has 6 nitrogen and oxygen atoms in total. The first-order valence-corrected chi connectivity index (χ1v) is 9.01. The lowest BCUT2D eigenvalue weighted by molar-refractivity contribution is 0.0939. The molecule has 3 aromatic rings. The molecule has 1 amide bonds. The van der Waals surface area contributed by atoms with Crippen molar-refractivity contribution in [3.8, 4) is 22.6 Å². The monoisotopic (exact) mass is 375 g/mol. The van der Waals surface area contributed by atoms with Gasteiger partial charge in [0.25, 0.3) is 5.91 Å². The topological polar surface area (TPSA) is 86.5 Å². The van der Waals surface area contributed by atoms with Crippen LogP contribution in [0.15, 0.2) is 54.7 Å². The molecule has 2 heterocycles. The maximum atomic E-state index is 12.8. The molecular formula is C22H21N3O3. The first-order valence-electron chi connectivity index (χ1n) is 9.01. The molecule has 0 saturated carbocycles. The minimum atomic E-state index is -0.151. The van der Waals surface area contributed by atoms with E-state index in [1.54, 1.807) is 19.4 Å². The molecule has 0 spiro atoms. The number of amides is 1. The number of methoxy groups -OCH3 is 1. The van der Waals surface area contributed by atoms with E-state index in [1.165, 1.54) is 0 Å². The molecule has 0 aliphatic carbocycles. The molecule has 4 rings (SSSR count). The van der Waals surface area contributed by atoms with Gasteiger partial charge in [0.2, 0.25) is 0 Å². The first kappa shape index (κ1) is 17.9. The van der Waals surface area contributed by atoms with Crippen molar-refractivity contribution in [1.82, 2.24) is 10.3 Å². The van der Waals surface area contributed by atoms with Crippen LogP contribution >= 0.6 is 0 Å². The second-order valence-corrected chi connectivity index (χ2v) is 6.74. The van der Waals surface area contributed by atoms with Crippen LogP contribution in [-0.2, 0) is 6.61 Å². The molecule has 1 atom stereocenters. The average Bonchev–Trinajstić information content (AvgIpc) is 2.73. The SMILES string of the molecule is COc1cccc(C(C)NC(=O)c2ccc3c(c2)COc2cnc(N)cc2-3)c1. The first-order chi connectivity index (χ1) is 13.5. The third-order valence-electron chi connectivity index (χ3n) is 4.87. The van der Waals surface area contributed by atoms with Crippen molar-refractivity contribution in [1.29, 1.82) is 0 Å². The quantitative estimate of drug-likeness (QED) is 0.726. The van der Waals surface area contributed by atoms with E-state index in [9.17, 15) is 4.79 Å². The van der Waals surface area contributed by atoms with Gasteiger partial charge in [0.05, 0.1) is 19.3 Å². The Balaban J connectivity index is 1.56. The Hall–Kier alpha value is -3.54. The smallest absolute Gasteiger partial charge is 0.251 e. The molecule has 3 N–H and O–H groups in total. The molecule has 1 aliphatic rings. The lowest BCUT2D eigenvalue weighted by Gasteiger charge is -2.21. The largest absolute Gasteiger partial charge is 0.497 e. The molecule has 0 saturated heterocycles. The number of nitrogen functional groups attached to an aromatic ring is 1. The van der Waals surface area contributed by atoms with Crippen molar-refractivity contribution in [2.45, 2.75) is 19.6 Å². The Bertz CT molecular complexity index is 1050. The number of carbonyl (C=O) groups is 1. The van der Waals surface area contributed by atoms with E-state index in [-0.39, 0.29) is 11.9 Å². The Kier molecular flexibility index (Phi) is 4.61. The highest BCUT2D eigenvalue weighted by Crippen LogP contribution is 2.38. The van der Waals surface area contributed by atoms with Crippen molar-refractivity contribution in [3.05, 3.63) is 71.4 Å². The molecule has 0 fully saturated rings. The van der Waals surface area contributed by atoms with Gasteiger partial charge in [-0.3, -0.25) is 4.79 Å². The fraction of sp³-hybridized carbons (Fsp3) is 0.182. The van der Waals surface area contributed by atoms with Gasteiger partial charge in [-0.25, -0.2) is 4.98 Å². The van der Waals surface area contributed by atoms with Crippen LogP contribution in [-0.4, -0.2) is 18.0 Å². The molecule has 2 aromatic carbocycles. The summed E-state index contributed by atoms with van der Waals surface area (Å²) in [5.74, 6) is 1.75. The predicted molar refractivity (Wildman–Crippen MR) is 107 cm³/mol. The van der Waals surface area contributed by atoms with Crippen LogP contribution in [0.3, 0.4) is 0 Å². The van der Waals surface area contributed by atoms with Gasteiger partial charge in [0.1, 0.15) is 23.9 Å². The molecule has 6 heteroatoms. The van der Waals surface area contributed by atoms with Gasteiger partial charge in [0, 0.05) is 11.1 Å². The molecule has 0 radical (unpaired) electrons. The number of hydrogen-bond donors (Lipinski definition) is 2. The maximum Gasteiger partial charge on any atom is 0.251 e. The zero-order chi connectivity index (χ0) is 19.7. The van der Waals surface area contributed by atoms with E-state index in [2.05, 4.69) is 10.3 Å². The van der Waals surface area contributed by atoms with E-state index in [0.29, 0.717) is 23.7 Å². The Labute approximate surface area is 163 Å². The molecule has 0 bridgehead atoms. The second-order valence-electron chi connectivity index (χ2n) is 6.74. The zero-order valence-corrected chi connectivity index (χ0v) is 15.7. The lowest BCUT2D eigenvalue weighted by atomic mass is 9.95. The minimum Gasteiger partial charge on any atom is -0.497 e. The van der Waals surface area contributed by atoms with Crippen LogP contribution in [0, 0.1) is 0 Å². The fourth-order valence-corrected chi connectivity index (χ4v) is 3.33. The number of ether oxygens (including phenoxy) is 2. The van der Waals surface area contributed by atoms with Gasteiger partial charge in [-0.05, 0) is 53.9 Å². The number of rotatable bonds is 4. The maximum absolute atomic E-state index is 12.8. The second kappa shape index (κ2) is 7.23. The summed E-state index contributed by atoms with van der Waals surface area (Å²) in [6.07, 6.45) is 1.63. The summed E-state index contributed by atoms with van der Waals surface area (Å²) >= 11 is 0. The highest BCUT2D eigenvalue weighted by atomic mass is 16.5. The third kappa shape index (κ3) is 3.36. The summed E-state index contributed by atoms with van der Waals surface area (Å²) < 4.78 is 11.0. The van der Waals surface area contributed by atoms with E-state index < -0.39 is 0 Å². The normalized spacial score (nSPS) is 12.9. The lowest BCUT2D eigenvalue weighted by Crippen LogP contribution is -2.27. The van der Waals surface area contributed by atoms with Crippen molar-refractivity contribution >= 4 is 11.7 Å². The number of anilines is 1. The predicted octanol–water partition coefficient (Wildman–Crippen LogP) is 3.72. The van der Waals surface area contributed by atoms with Gasteiger partial charge >= 0.3 is 0 Å². The number of aromatic nitrogens is 1. The van der Waals surface area contributed by atoms with Gasteiger partial charge in [-0.2, -0.15) is 0 Å². The van der Waals surface area contributed by atoms with Crippen LogP contribution in [0.4, 0.5) is 5.82 Å². The van der Waals surface area contributed by atoms with Crippen LogP contribution in [0.2, 0.25) is 0 Å². The molecule has 1 aliphatic heterocycles. The average molecular weight is 375 g/mol. The molecule has 1 aromatic heterocycles. The van der Waals surface area contributed by atoms with E-state index >= 15 is 0 Å². The highest BCUT2D eigenvalue weighted by molar-refractivity contribution is 5.95. The molecule has 142 valence electrons. The van der Waals surface area contributed by atoms with Gasteiger partial charge in [-0.1, -0.05) is 18.2 Å². The van der Waals surface area contributed by atoms with E-state index in [1.807, 2.05) is 49.4 Å². The number of nitrogens with one attached hydrogen (secondary N) is 1. The Morgan fingerprint density at radius 3 is 2.89 bits per heavy atom. The zero-order valence-electron chi connectivity index (χ0n) is 15.7. The number of nitrogens with two attached hydrogens (primary N) is 1. The van der Waals surface area contributed by atoms with Crippen molar-refractivity contribution in [2.75, 3.05) is 12.8 Å². The van der Waals surface area contributed by atoms with Crippen molar-refractivity contribution in [2.24, 2.45) is 0 Å². The summed E-state index contributed by atoms with van der Waals surface area (Å²) in [7, 11) is 1.62. The van der Waals surface area contributed by atoms with Gasteiger partial charge in [-0.15, -0.1) is 0 Å². The number of carbonyl (C=O) groups excluding carboxylic acids is 1. The number of pyridine rings is 1. The van der Waals surface area contributed by atoms with Gasteiger partial charge < -0.3 is 20.5 Å². The van der Waals surface area contributed by atoms with Crippen LogP contribution < -0.4 is 20.5 Å². The number of fused-ring (bicyclic) bond motifs is 3. The highest BCUT2D eigenvalue weighted by Gasteiger charge is 2.20. The van der Waals surface area contributed by atoms with E-state index in [4.69, 9.17) is 15.2 Å². The van der Waals surface area contributed by atoms with Crippen LogP contribution in [0.5, 0.6) is 11.5 Å². The van der Waals surface area contributed by atoms with Gasteiger partial charge in [0.15, 0.2) is 0 Å². The summed E-state index contributed by atoms with van der Waals surface area (Å²) in [6, 6.07) is 14.9. The Morgan fingerprint density at radius 1 is 1.21 bits per heavy atom. The summed E-state index contributed by atoms with van der Waals surface area (Å²) in [5.41, 5.74) is 10.2. The standard InChI is InChI=1S/C22H21N3O3/c1-13(14-4-3-5-17(9-14)27-2)25-22(26)15-6-7-18-16(8-15)12-28-20-11-24-21(23)10-19(18)20/h3-11,13H,12H2,1-2H3,(H2,23,24)(H,25,26). The number of benzene rings is 2. The van der Waals surface area contributed by atoms with E-state index in [0.717, 1.165) is 28.0 Å². The fourth-order valence-electron chi connectivity index (χ4n) is 3.33. The minimum absolute atomic E-state index is 0.141. The molecular weight excluding hydrogens is 354 g/mol. The summed E-state index contributed by atoms with van der Waals surface area (Å²) in [6.45, 7) is 2.33. The number of hydrogen-bond acceptors (Lipinski definition) is 5. The Morgan fingerprint density at radius 2 is 2.07 bits per heavy atom.